The van der Waals surface area contributed by atoms with Gasteiger partial charge < -0.3 is 21.1 Å². The maximum Gasteiger partial charge on any atom is 0.416 e. The van der Waals surface area contributed by atoms with Gasteiger partial charge in [0.1, 0.15) is 5.82 Å². The van der Waals surface area contributed by atoms with E-state index in [1.54, 1.807) is 6.92 Å². The van der Waals surface area contributed by atoms with Crippen LogP contribution < -0.4 is 26.7 Å². The maximum atomic E-state index is 15.8. The summed E-state index contributed by atoms with van der Waals surface area (Å²) in [6.07, 6.45) is -4.80. The molecule has 2 atom stereocenters. The molecule has 1 aliphatic rings. The fraction of sp³-hybridized carbons (Fsp3) is 0.294. The number of nitrogens with two attached hydrogens (primary N) is 1. The summed E-state index contributed by atoms with van der Waals surface area (Å²) in [6.45, 7) is 2.28. The number of halogens is 5. The van der Waals surface area contributed by atoms with Crippen LogP contribution in [-0.4, -0.2) is 36.6 Å². The van der Waals surface area contributed by atoms with E-state index in [0.717, 1.165) is 23.8 Å². The van der Waals surface area contributed by atoms with E-state index in [4.69, 9.17) is 10.5 Å². The van der Waals surface area contributed by atoms with E-state index in [-0.39, 0.29) is 22.4 Å². The number of urea groups is 1. The smallest absolute Gasteiger partial charge is 0.416 e. The van der Waals surface area contributed by atoms with Gasteiger partial charge in [0.25, 0.3) is 5.56 Å². The molecular weight excluding hydrogens is 639 g/mol. The van der Waals surface area contributed by atoms with Crippen molar-refractivity contribution in [2.45, 2.75) is 43.1 Å². The van der Waals surface area contributed by atoms with E-state index in [1.165, 1.54) is 41.6 Å². The number of ether oxygens (including phenoxy) is 1. The first kappa shape index (κ1) is 34.0. The van der Waals surface area contributed by atoms with Crippen molar-refractivity contribution in [2.24, 2.45) is 5.73 Å². The van der Waals surface area contributed by atoms with Gasteiger partial charge in [0.05, 0.1) is 35.3 Å². The largest absolute Gasteiger partial charge is 0.494 e. The molecule has 3 aromatic carbocycles. The summed E-state index contributed by atoms with van der Waals surface area (Å²) in [5.74, 6) is -1.60. The van der Waals surface area contributed by atoms with E-state index in [0.29, 0.717) is 35.9 Å². The third-order valence-electron chi connectivity index (χ3n) is 8.25. The number of rotatable bonds is 11. The van der Waals surface area contributed by atoms with Crippen LogP contribution in [0.5, 0.6) is 5.75 Å². The molecule has 0 saturated heterocycles. The van der Waals surface area contributed by atoms with Crippen molar-refractivity contribution in [3.8, 4) is 16.9 Å². The van der Waals surface area contributed by atoms with Gasteiger partial charge in [-0.05, 0) is 54.8 Å². The molecule has 47 heavy (non-hydrogen) atoms. The number of amides is 2. The van der Waals surface area contributed by atoms with E-state index in [1.807, 2.05) is 30.3 Å². The summed E-state index contributed by atoms with van der Waals surface area (Å²) in [7, 11) is 1.29. The molecule has 248 valence electrons. The van der Waals surface area contributed by atoms with Gasteiger partial charge in [-0.2, -0.15) is 13.2 Å². The van der Waals surface area contributed by atoms with Gasteiger partial charge in [0.2, 0.25) is 0 Å². The van der Waals surface area contributed by atoms with Gasteiger partial charge in [-0.15, -0.1) is 11.8 Å². The number of primary amides is 1. The highest BCUT2D eigenvalue weighted by Crippen LogP contribution is 2.45. The normalized spacial score (nSPS) is 14.9. The summed E-state index contributed by atoms with van der Waals surface area (Å²) in [4.78, 5) is 25.7. The Morgan fingerprint density at radius 2 is 1.77 bits per heavy atom. The van der Waals surface area contributed by atoms with Gasteiger partial charge in [0.15, 0.2) is 11.6 Å². The summed E-state index contributed by atoms with van der Waals surface area (Å²) >= 11 is 1.28. The molecule has 2 heterocycles. The fourth-order valence-electron chi connectivity index (χ4n) is 6.03. The Morgan fingerprint density at radius 1 is 1.04 bits per heavy atom. The molecule has 4 N–H and O–H groups in total. The number of pyridine rings is 1. The zero-order chi connectivity index (χ0) is 33.9. The van der Waals surface area contributed by atoms with Crippen LogP contribution in [0.4, 0.5) is 26.7 Å². The molecular formula is C34H33F5N4O3S. The second-order valence-electron chi connectivity index (χ2n) is 11.1. The number of aromatic nitrogens is 1. The van der Waals surface area contributed by atoms with Gasteiger partial charge in [-0.25, -0.2) is 13.6 Å². The summed E-state index contributed by atoms with van der Waals surface area (Å²) in [5, 5.41) is 6.38. The van der Waals surface area contributed by atoms with Crippen molar-refractivity contribution in [3.63, 3.8) is 0 Å². The van der Waals surface area contributed by atoms with Crippen molar-refractivity contribution >= 4 is 17.8 Å². The number of nitrogens with zero attached hydrogens (tertiary/aromatic N) is 1. The number of carbonyl (C=O) groups excluding carboxylic acids is 1. The second-order valence-corrected chi connectivity index (χ2v) is 12.1. The molecule has 4 aromatic rings. The van der Waals surface area contributed by atoms with E-state index < -0.39 is 59.0 Å². The van der Waals surface area contributed by atoms with Crippen LogP contribution in [0.2, 0.25) is 0 Å². The van der Waals surface area contributed by atoms with Crippen LogP contribution in [0.15, 0.2) is 76.6 Å². The Kier molecular flexibility index (Phi) is 10.3. The zero-order valence-corrected chi connectivity index (χ0v) is 26.4. The summed E-state index contributed by atoms with van der Waals surface area (Å²) in [5.41, 5.74) is 4.21. The van der Waals surface area contributed by atoms with E-state index in [9.17, 15) is 22.8 Å². The average Bonchev–Trinajstić information content (AvgIpc) is 3.47. The van der Waals surface area contributed by atoms with Crippen LogP contribution in [0.3, 0.4) is 0 Å². The molecule has 0 spiro atoms. The van der Waals surface area contributed by atoms with Gasteiger partial charge in [0, 0.05) is 29.8 Å². The maximum absolute atomic E-state index is 15.8. The van der Waals surface area contributed by atoms with Crippen molar-refractivity contribution in [2.75, 3.05) is 26.0 Å². The van der Waals surface area contributed by atoms with Crippen molar-refractivity contribution in [1.82, 2.24) is 15.2 Å². The number of benzene rings is 3. The Bertz CT molecular complexity index is 1830. The Labute approximate surface area is 272 Å². The highest BCUT2D eigenvalue weighted by atomic mass is 32.2. The molecule has 5 rings (SSSR count). The SMILES string of the molecule is COc1cccc(-c2c(C)c(Cc3c(F)cccc3C(F)(F)F)c3n(c2=O)C(C(NCCCNC(N)=O)c2ccccc2)CS3)c1F. The predicted molar refractivity (Wildman–Crippen MR) is 171 cm³/mol. The molecule has 13 heteroatoms. The quantitative estimate of drug-likeness (QED) is 0.121. The topological polar surface area (TPSA) is 98.4 Å². The highest BCUT2D eigenvalue weighted by molar-refractivity contribution is 7.99. The molecule has 0 bridgehead atoms. The first-order valence-electron chi connectivity index (χ1n) is 14.8. The molecule has 2 amide bonds. The number of methoxy groups -OCH3 is 1. The summed E-state index contributed by atoms with van der Waals surface area (Å²) in [6, 6.07) is 14.8. The third-order valence-corrected chi connectivity index (χ3v) is 9.48. The number of hydrogen-bond donors (Lipinski definition) is 3. The number of alkyl halides is 3. The number of carbonyl (C=O) groups is 1. The van der Waals surface area contributed by atoms with Crippen LogP contribution >= 0.6 is 11.8 Å². The standard InChI is InChI=1S/C34H33F5N4O3S/c1-19-22(17-23-24(34(37,38)39)12-7-13-25(23)35)32-43(31(44)28(19)21-11-6-14-27(46-2)29(21)36)26(18-47-32)30(20-9-4-3-5-10-20)41-15-8-16-42-33(40)45/h3-7,9-14,26,30,41H,8,15-18H2,1-2H3,(H3,40,42,45). The molecule has 0 fully saturated rings. The van der Waals surface area contributed by atoms with Gasteiger partial charge >= 0.3 is 12.2 Å². The minimum Gasteiger partial charge on any atom is -0.494 e. The number of fused-ring (bicyclic) bond motifs is 1. The molecule has 0 saturated carbocycles. The molecule has 7 nitrogen and oxygen atoms in total. The van der Waals surface area contributed by atoms with E-state index >= 15 is 8.78 Å². The minimum atomic E-state index is -4.83. The third kappa shape index (κ3) is 7.01. The fourth-order valence-corrected chi connectivity index (χ4v) is 7.46. The molecule has 2 unspecified atom stereocenters. The van der Waals surface area contributed by atoms with Crippen LogP contribution in [0.1, 0.15) is 46.3 Å². The van der Waals surface area contributed by atoms with Crippen LogP contribution in [0, 0.1) is 18.6 Å². The lowest BCUT2D eigenvalue weighted by Gasteiger charge is -2.28. The molecule has 0 radical (unpaired) electrons. The first-order valence-corrected chi connectivity index (χ1v) is 15.8. The second kappa shape index (κ2) is 14.2. The Morgan fingerprint density at radius 3 is 2.45 bits per heavy atom. The van der Waals surface area contributed by atoms with Crippen molar-refractivity contribution in [1.29, 1.82) is 0 Å². The zero-order valence-electron chi connectivity index (χ0n) is 25.6. The number of nitrogens with one attached hydrogen (secondary N) is 2. The Balaban J connectivity index is 1.71. The average molecular weight is 673 g/mol. The summed E-state index contributed by atoms with van der Waals surface area (Å²) < 4.78 is 79.9. The Hall–Kier alpha value is -4.36. The number of hydrogen-bond acceptors (Lipinski definition) is 5. The molecule has 1 aromatic heterocycles. The lowest BCUT2D eigenvalue weighted by Crippen LogP contribution is -2.37. The lowest BCUT2D eigenvalue weighted by molar-refractivity contribution is -0.138. The first-order chi connectivity index (χ1) is 22.4. The highest BCUT2D eigenvalue weighted by Gasteiger charge is 2.38. The van der Waals surface area contributed by atoms with Crippen molar-refractivity contribution < 1.29 is 31.5 Å². The minimum absolute atomic E-state index is 0.0463. The lowest BCUT2D eigenvalue weighted by atomic mass is 9.91. The predicted octanol–water partition coefficient (Wildman–Crippen LogP) is 6.76. The van der Waals surface area contributed by atoms with Crippen LogP contribution in [0.25, 0.3) is 11.1 Å². The molecule has 0 aliphatic carbocycles. The van der Waals surface area contributed by atoms with E-state index in [2.05, 4.69) is 10.6 Å². The van der Waals surface area contributed by atoms with Crippen LogP contribution in [-0.2, 0) is 12.6 Å². The van der Waals surface area contributed by atoms with Crippen molar-refractivity contribution in [3.05, 3.63) is 117 Å². The monoisotopic (exact) mass is 672 g/mol. The van der Waals surface area contributed by atoms with Gasteiger partial charge in [-0.1, -0.05) is 48.5 Å². The van der Waals surface area contributed by atoms with Gasteiger partial charge in [-0.3, -0.25) is 9.36 Å². The number of thioether (sulfide) groups is 1. The molecule has 1 aliphatic heterocycles.